The van der Waals surface area contributed by atoms with Gasteiger partial charge in [0.05, 0.1) is 5.02 Å². The summed E-state index contributed by atoms with van der Waals surface area (Å²) in [6.45, 7) is 6.05. The number of rotatable bonds is 6. The maximum Gasteiger partial charge on any atom is 0.134 e. The van der Waals surface area contributed by atoms with Crippen molar-refractivity contribution in [3.05, 3.63) is 28.8 Å². The number of aromatic hydroxyl groups is 1. The third kappa shape index (κ3) is 4.84. The Morgan fingerprint density at radius 2 is 2.06 bits per heavy atom. The Morgan fingerprint density at radius 1 is 1.39 bits per heavy atom. The summed E-state index contributed by atoms with van der Waals surface area (Å²) < 4.78 is 0. The average molecular weight is 271 g/mol. The van der Waals surface area contributed by atoms with Gasteiger partial charge in [0.2, 0.25) is 0 Å². The predicted molar refractivity (Wildman–Crippen MR) is 76.9 cm³/mol. The highest BCUT2D eigenvalue weighted by atomic mass is 35.5. The van der Waals surface area contributed by atoms with Crippen LogP contribution in [0.3, 0.4) is 0 Å². The molecule has 0 aromatic heterocycles. The molecule has 3 N–H and O–H groups in total. The van der Waals surface area contributed by atoms with Crippen LogP contribution in [0.2, 0.25) is 5.02 Å². The highest BCUT2D eigenvalue weighted by molar-refractivity contribution is 6.32. The normalized spacial score (nSPS) is 13.3. The standard InChI is InChI=1S/C14H23ClN2O/c1-10(2)13(16)6-7-17(3)9-11-4-5-14(18)12(15)8-11/h4-5,8,10,13,18H,6-7,9,16H2,1-3H3. The summed E-state index contributed by atoms with van der Waals surface area (Å²) in [5.74, 6) is 0.645. The van der Waals surface area contributed by atoms with E-state index < -0.39 is 0 Å². The molecule has 0 spiro atoms. The minimum absolute atomic E-state index is 0.130. The Bertz CT molecular complexity index is 382. The zero-order chi connectivity index (χ0) is 13.7. The average Bonchev–Trinajstić information content (AvgIpc) is 2.30. The van der Waals surface area contributed by atoms with Crippen molar-refractivity contribution in [3.63, 3.8) is 0 Å². The molecule has 0 heterocycles. The Balaban J connectivity index is 2.44. The van der Waals surface area contributed by atoms with Gasteiger partial charge in [-0.1, -0.05) is 31.5 Å². The first-order chi connectivity index (χ1) is 8.40. The van der Waals surface area contributed by atoms with Crippen molar-refractivity contribution in [2.75, 3.05) is 13.6 Å². The quantitative estimate of drug-likeness (QED) is 0.836. The first-order valence-electron chi connectivity index (χ1n) is 6.31. The van der Waals surface area contributed by atoms with Gasteiger partial charge in [0.1, 0.15) is 5.75 Å². The molecule has 0 saturated carbocycles. The first kappa shape index (κ1) is 15.3. The summed E-state index contributed by atoms with van der Waals surface area (Å²) in [6.07, 6.45) is 0.986. The monoisotopic (exact) mass is 270 g/mol. The number of halogens is 1. The smallest absolute Gasteiger partial charge is 0.134 e. The molecule has 0 aliphatic carbocycles. The van der Waals surface area contributed by atoms with E-state index in [-0.39, 0.29) is 11.8 Å². The maximum absolute atomic E-state index is 9.35. The summed E-state index contributed by atoms with van der Waals surface area (Å²) in [4.78, 5) is 2.21. The van der Waals surface area contributed by atoms with E-state index in [2.05, 4.69) is 25.8 Å². The lowest BCUT2D eigenvalue weighted by atomic mass is 10.0. The lowest BCUT2D eigenvalue weighted by Crippen LogP contribution is -2.31. The van der Waals surface area contributed by atoms with Gasteiger partial charge in [0.15, 0.2) is 0 Å². The van der Waals surface area contributed by atoms with Gasteiger partial charge in [0, 0.05) is 12.6 Å². The summed E-state index contributed by atoms with van der Waals surface area (Å²) in [7, 11) is 2.06. The van der Waals surface area contributed by atoms with Gasteiger partial charge in [-0.2, -0.15) is 0 Å². The number of nitrogens with zero attached hydrogens (tertiary/aromatic N) is 1. The van der Waals surface area contributed by atoms with Crippen molar-refractivity contribution < 1.29 is 5.11 Å². The number of hydrogen-bond donors (Lipinski definition) is 2. The molecule has 0 amide bonds. The lowest BCUT2D eigenvalue weighted by Gasteiger charge is -2.21. The SMILES string of the molecule is CC(C)C(N)CCN(C)Cc1ccc(O)c(Cl)c1. The van der Waals surface area contributed by atoms with Gasteiger partial charge >= 0.3 is 0 Å². The number of benzene rings is 1. The minimum atomic E-state index is 0.130. The summed E-state index contributed by atoms with van der Waals surface area (Å²) in [5, 5.41) is 9.76. The third-order valence-corrected chi connectivity index (χ3v) is 3.47. The fourth-order valence-electron chi connectivity index (χ4n) is 1.74. The van der Waals surface area contributed by atoms with E-state index in [1.807, 2.05) is 6.07 Å². The van der Waals surface area contributed by atoms with Gasteiger partial charge in [-0.25, -0.2) is 0 Å². The van der Waals surface area contributed by atoms with Crippen molar-refractivity contribution in [2.45, 2.75) is 32.9 Å². The van der Waals surface area contributed by atoms with Crippen LogP contribution in [0.5, 0.6) is 5.75 Å². The Kier molecular flexibility index (Phi) is 5.93. The van der Waals surface area contributed by atoms with Gasteiger partial charge in [-0.05, 0) is 43.6 Å². The first-order valence-corrected chi connectivity index (χ1v) is 6.69. The highest BCUT2D eigenvalue weighted by Gasteiger charge is 2.09. The van der Waals surface area contributed by atoms with Gasteiger partial charge in [-0.3, -0.25) is 0 Å². The number of nitrogens with two attached hydrogens (primary N) is 1. The second-order valence-corrected chi connectivity index (χ2v) is 5.63. The van der Waals surface area contributed by atoms with Crippen LogP contribution in [0.4, 0.5) is 0 Å². The van der Waals surface area contributed by atoms with E-state index in [1.165, 1.54) is 0 Å². The van der Waals surface area contributed by atoms with Gasteiger partial charge < -0.3 is 15.7 Å². The fraction of sp³-hybridized carbons (Fsp3) is 0.571. The highest BCUT2D eigenvalue weighted by Crippen LogP contribution is 2.24. The van der Waals surface area contributed by atoms with E-state index >= 15 is 0 Å². The molecule has 18 heavy (non-hydrogen) atoms. The molecule has 1 aromatic rings. The number of phenols is 1. The molecule has 0 bridgehead atoms. The molecule has 102 valence electrons. The van der Waals surface area contributed by atoms with Crippen LogP contribution in [-0.4, -0.2) is 29.6 Å². The van der Waals surface area contributed by atoms with Crippen LogP contribution in [0, 0.1) is 5.92 Å². The van der Waals surface area contributed by atoms with Crippen molar-refractivity contribution in [2.24, 2.45) is 11.7 Å². The van der Waals surface area contributed by atoms with Crippen LogP contribution in [-0.2, 0) is 6.54 Å². The molecule has 0 saturated heterocycles. The minimum Gasteiger partial charge on any atom is -0.506 e. The Hall–Kier alpha value is -0.770. The number of phenolic OH excluding ortho intramolecular Hbond substituents is 1. The lowest BCUT2D eigenvalue weighted by molar-refractivity contribution is 0.296. The topological polar surface area (TPSA) is 49.5 Å². The van der Waals surface area contributed by atoms with Gasteiger partial charge in [0.25, 0.3) is 0 Å². The van der Waals surface area contributed by atoms with Crippen molar-refractivity contribution in [3.8, 4) is 5.75 Å². The fourth-order valence-corrected chi connectivity index (χ4v) is 1.95. The summed E-state index contributed by atoms with van der Waals surface area (Å²) >= 11 is 5.88. The second kappa shape index (κ2) is 6.98. The van der Waals surface area contributed by atoms with E-state index in [0.29, 0.717) is 10.9 Å². The van der Waals surface area contributed by atoms with E-state index in [0.717, 1.165) is 25.1 Å². The molecule has 0 radical (unpaired) electrons. The van der Waals surface area contributed by atoms with E-state index in [4.69, 9.17) is 17.3 Å². The molecular weight excluding hydrogens is 248 g/mol. The van der Waals surface area contributed by atoms with Crippen LogP contribution < -0.4 is 5.73 Å². The van der Waals surface area contributed by atoms with E-state index in [1.54, 1.807) is 12.1 Å². The van der Waals surface area contributed by atoms with Crippen molar-refractivity contribution >= 4 is 11.6 Å². The molecule has 0 aliphatic heterocycles. The molecule has 4 heteroatoms. The zero-order valence-corrected chi connectivity index (χ0v) is 12.1. The molecule has 0 aliphatic rings. The van der Waals surface area contributed by atoms with Crippen LogP contribution >= 0.6 is 11.6 Å². The van der Waals surface area contributed by atoms with Crippen molar-refractivity contribution in [1.82, 2.24) is 4.90 Å². The van der Waals surface area contributed by atoms with Crippen LogP contribution in [0.25, 0.3) is 0 Å². The molecule has 1 atom stereocenters. The zero-order valence-electron chi connectivity index (χ0n) is 11.4. The Labute approximate surface area is 115 Å². The number of hydrogen-bond acceptors (Lipinski definition) is 3. The van der Waals surface area contributed by atoms with Crippen LogP contribution in [0.15, 0.2) is 18.2 Å². The molecule has 3 nitrogen and oxygen atoms in total. The molecular formula is C14H23ClN2O. The maximum atomic E-state index is 9.35. The third-order valence-electron chi connectivity index (χ3n) is 3.17. The summed E-state index contributed by atoms with van der Waals surface area (Å²) in [6, 6.07) is 5.57. The van der Waals surface area contributed by atoms with Crippen LogP contribution in [0.1, 0.15) is 25.8 Å². The molecule has 1 rings (SSSR count). The predicted octanol–water partition coefficient (Wildman–Crippen LogP) is 2.85. The second-order valence-electron chi connectivity index (χ2n) is 5.22. The molecule has 0 fully saturated rings. The molecule has 1 unspecified atom stereocenters. The Morgan fingerprint density at radius 3 is 2.61 bits per heavy atom. The van der Waals surface area contributed by atoms with Crippen molar-refractivity contribution in [1.29, 1.82) is 0 Å². The molecule has 1 aromatic carbocycles. The van der Waals surface area contributed by atoms with E-state index in [9.17, 15) is 5.11 Å². The summed E-state index contributed by atoms with van der Waals surface area (Å²) in [5.41, 5.74) is 7.12. The van der Waals surface area contributed by atoms with Gasteiger partial charge in [-0.15, -0.1) is 0 Å². The largest absolute Gasteiger partial charge is 0.506 e.